The number of halogens is 2. The summed E-state index contributed by atoms with van der Waals surface area (Å²) in [6, 6.07) is 6.29. The van der Waals surface area contributed by atoms with E-state index in [0.717, 1.165) is 25.7 Å². The Bertz CT molecular complexity index is 1110. The van der Waals surface area contributed by atoms with Crippen molar-refractivity contribution in [1.29, 1.82) is 0 Å². The fourth-order valence-corrected chi connectivity index (χ4v) is 3.80. The molecule has 8 heteroatoms. The van der Waals surface area contributed by atoms with Crippen LogP contribution in [-0.4, -0.2) is 30.2 Å². The first-order valence-corrected chi connectivity index (χ1v) is 10.0. The second kappa shape index (κ2) is 8.99. The normalized spacial score (nSPS) is 15.3. The van der Waals surface area contributed by atoms with E-state index in [-0.39, 0.29) is 29.9 Å². The molecule has 4 rings (SSSR count). The molecule has 0 atom stereocenters. The molecule has 0 spiro atoms. The van der Waals surface area contributed by atoms with Crippen LogP contribution in [0.1, 0.15) is 51.3 Å². The number of anilines is 1. The molecule has 0 amide bonds. The van der Waals surface area contributed by atoms with Crippen LogP contribution in [0, 0.1) is 17.7 Å². The highest BCUT2D eigenvalue weighted by atomic mass is 35.5. The van der Waals surface area contributed by atoms with E-state index in [4.69, 9.17) is 5.73 Å². The molecule has 3 N–H and O–H groups in total. The van der Waals surface area contributed by atoms with Gasteiger partial charge in [0.15, 0.2) is 17.0 Å². The van der Waals surface area contributed by atoms with E-state index < -0.39 is 5.60 Å². The van der Waals surface area contributed by atoms with Crippen molar-refractivity contribution in [2.75, 3.05) is 5.73 Å². The van der Waals surface area contributed by atoms with Gasteiger partial charge in [0.05, 0.1) is 0 Å². The minimum absolute atomic E-state index is 0. The summed E-state index contributed by atoms with van der Waals surface area (Å²) in [5, 5.41) is 10.6. The van der Waals surface area contributed by atoms with E-state index in [1.807, 2.05) is 11.5 Å². The Hall–Kier alpha value is -2.69. The average molecular weight is 430 g/mol. The third-order valence-electron chi connectivity index (χ3n) is 5.24. The SMILES string of the molecule is CCCn1c(-c2cccc(F)c2)nc2c(N)nc(C#CC3(O)CCCCC3)nc21.Cl. The summed E-state index contributed by atoms with van der Waals surface area (Å²) in [7, 11) is 0. The number of fused-ring (bicyclic) bond motifs is 1. The highest BCUT2D eigenvalue weighted by molar-refractivity contribution is 5.86. The molecule has 0 aliphatic heterocycles. The van der Waals surface area contributed by atoms with Gasteiger partial charge in [-0.05, 0) is 50.2 Å². The predicted octanol–water partition coefficient (Wildman–Crippen LogP) is 4.09. The Labute approximate surface area is 181 Å². The first kappa shape index (κ1) is 22.0. The third-order valence-corrected chi connectivity index (χ3v) is 5.24. The standard InChI is InChI=1S/C22H24FN5O.ClH/c1-2-13-28-20(15-7-6-8-16(23)14-15)27-18-19(24)25-17(26-21(18)28)9-12-22(29)10-4-3-5-11-22;/h6-8,14,29H,2-5,10-11,13H2,1H3,(H2,24,25,26);1H. The van der Waals surface area contributed by atoms with Crippen molar-refractivity contribution < 1.29 is 9.50 Å². The van der Waals surface area contributed by atoms with Crippen molar-refractivity contribution >= 4 is 29.4 Å². The van der Waals surface area contributed by atoms with Crippen LogP contribution in [0.25, 0.3) is 22.6 Å². The molecule has 0 bridgehead atoms. The molecule has 6 nitrogen and oxygen atoms in total. The van der Waals surface area contributed by atoms with E-state index in [2.05, 4.69) is 26.8 Å². The number of nitrogens with zero attached hydrogens (tertiary/aromatic N) is 4. The summed E-state index contributed by atoms with van der Waals surface area (Å²) >= 11 is 0. The fraction of sp³-hybridized carbons (Fsp3) is 0.409. The number of nitrogen functional groups attached to an aromatic ring is 1. The Morgan fingerprint density at radius 1 is 1.20 bits per heavy atom. The highest BCUT2D eigenvalue weighted by Gasteiger charge is 2.26. The molecule has 1 fully saturated rings. The molecule has 3 aromatic rings. The maximum atomic E-state index is 13.8. The molecule has 0 radical (unpaired) electrons. The van der Waals surface area contributed by atoms with Crippen molar-refractivity contribution in [3.8, 4) is 23.2 Å². The van der Waals surface area contributed by atoms with Gasteiger partial charge in [-0.25, -0.2) is 19.3 Å². The number of aromatic nitrogens is 4. The molecule has 0 unspecified atom stereocenters. The van der Waals surface area contributed by atoms with Gasteiger partial charge in [0.2, 0.25) is 5.82 Å². The second-order valence-corrected chi connectivity index (χ2v) is 7.54. The second-order valence-electron chi connectivity index (χ2n) is 7.54. The monoisotopic (exact) mass is 429 g/mol. The minimum atomic E-state index is -0.984. The van der Waals surface area contributed by atoms with E-state index in [1.165, 1.54) is 12.1 Å². The molecular weight excluding hydrogens is 405 g/mol. The number of rotatable bonds is 3. The zero-order valence-electron chi connectivity index (χ0n) is 16.9. The number of imidazole rings is 1. The van der Waals surface area contributed by atoms with Crippen LogP contribution in [-0.2, 0) is 6.54 Å². The molecule has 158 valence electrons. The van der Waals surface area contributed by atoms with Crippen molar-refractivity contribution in [2.24, 2.45) is 0 Å². The van der Waals surface area contributed by atoms with Gasteiger partial charge in [-0.3, -0.25) is 0 Å². The van der Waals surface area contributed by atoms with Crippen LogP contribution in [0.2, 0.25) is 0 Å². The molecule has 30 heavy (non-hydrogen) atoms. The minimum Gasteiger partial charge on any atom is -0.382 e. The zero-order chi connectivity index (χ0) is 20.4. The molecule has 1 aromatic carbocycles. The zero-order valence-corrected chi connectivity index (χ0v) is 17.7. The van der Waals surface area contributed by atoms with Crippen molar-refractivity contribution in [2.45, 2.75) is 57.6 Å². The summed E-state index contributed by atoms with van der Waals surface area (Å²) < 4.78 is 15.7. The largest absolute Gasteiger partial charge is 0.382 e. The number of aliphatic hydroxyl groups is 1. The Morgan fingerprint density at radius 2 is 1.97 bits per heavy atom. The number of aryl methyl sites for hydroxylation is 1. The molecule has 1 saturated carbocycles. The number of hydrogen-bond donors (Lipinski definition) is 2. The topological polar surface area (TPSA) is 89.9 Å². The Balaban J connectivity index is 0.00000256. The lowest BCUT2D eigenvalue weighted by Gasteiger charge is -2.26. The van der Waals surface area contributed by atoms with Crippen LogP contribution in [0.3, 0.4) is 0 Å². The molecular formula is C22H25ClFN5O. The van der Waals surface area contributed by atoms with Crippen molar-refractivity contribution in [3.05, 3.63) is 35.9 Å². The smallest absolute Gasteiger partial charge is 0.209 e. The molecule has 1 aliphatic rings. The van der Waals surface area contributed by atoms with Crippen LogP contribution < -0.4 is 5.73 Å². The molecule has 1 aliphatic carbocycles. The van der Waals surface area contributed by atoms with E-state index in [0.29, 0.717) is 41.9 Å². The van der Waals surface area contributed by atoms with Gasteiger partial charge in [-0.1, -0.05) is 31.4 Å². The maximum absolute atomic E-state index is 13.8. The summed E-state index contributed by atoms with van der Waals surface area (Å²) in [6.45, 7) is 2.70. The molecule has 2 heterocycles. The van der Waals surface area contributed by atoms with E-state index >= 15 is 0 Å². The van der Waals surface area contributed by atoms with Crippen LogP contribution in [0.5, 0.6) is 0 Å². The van der Waals surface area contributed by atoms with Gasteiger partial charge in [-0.2, -0.15) is 0 Å². The quantitative estimate of drug-likeness (QED) is 0.612. The average Bonchev–Trinajstić information content (AvgIpc) is 3.07. The van der Waals surface area contributed by atoms with E-state index in [9.17, 15) is 9.50 Å². The van der Waals surface area contributed by atoms with Gasteiger partial charge in [0.25, 0.3) is 0 Å². The van der Waals surface area contributed by atoms with Gasteiger partial charge in [0.1, 0.15) is 17.2 Å². The summed E-state index contributed by atoms with van der Waals surface area (Å²) in [5.74, 6) is 6.61. The predicted molar refractivity (Wildman–Crippen MR) is 118 cm³/mol. The van der Waals surface area contributed by atoms with Gasteiger partial charge in [-0.15, -0.1) is 12.4 Å². The van der Waals surface area contributed by atoms with Crippen molar-refractivity contribution in [3.63, 3.8) is 0 Å². The number of benzene rings is 1. The maximum Gasteiger partial charge on any atom is 0.209 e. The van der Waals surface area contributed by atoms with Crippen LogP contribution in [0.4, 0.5) is 10.2 Å². The molecule has 0 saturated heterocycles. The van der Waals surface area contributed by atoms with Crippen LogP contribution in [0.15, 0.2) is 24.3 Å². The lowest BCUT2D eigenvalue weighted by molar-refractivity contribution is 0.0610. The Morgan fingerprint density at radius 3 is 2.67 bits per heavy atom. The van der Waals surface area contributed by atoms with Crippen LogP contribution >= 0.6 is 12.4 Å². The number of nitrogens with two attached hydrogens (primary N) is 1. The van der Waals surface area contributed by atoms with Gasteiger partial charge >= 0.3 is 0 Å². The van der Waals surface area contributed by atoms with Gasteiger partial charge in [0, 0.05) is 12.1 Å². The van der Waals surface area contributed by atoms with E-state index in [1.54, 1.807) is 12.1 Å². The summed E-state index contributed by atoms with van der Waals surface area (Å²) in [4.78, 5) is 13.4. The molecule has 2 aromatic heterocycles. The number of hydrogen-bond acceptors (Lipinski definition) is 5. The van der Waals surface area contributed by atoms with Crippen molar-refractivity contribution in [1.82, 2.24) is 19.5 Å². The summed E-state index contributed by atoms with van der Waals surface area (Å²) in [5.41, 5.74) is 6.86. The highest BCUT2D eigenvalue weighted by Crippen LogP contribution is 2.28. The first-order chi connectivity index (χ1) is 14.0. The third kappa shape index (κ3) is 4.40. The van der Waals surface area contributed by atoms with Gasteiger partial charge < -0.3 is 15.4 Å². The summed E-state index contributed by atoms with van der Waals surface area (Å²) in [6.07, 6.45) is 5.22. The first-order valence-electron chi connectivity index (χ1n) is 10.0. The fourth-order valence-electron chi connectivity index (χ4n) is 3.80. The lowest BCUT2D eigenvalue weighted by atomic mass is 9.85. The Kier molecular flexibility index (Phi) is 6.59. The lowest BCUT2D eigenvalue weighted by Crippen LogP contribution is -2.29.